The first-order chi connectivity index (χ1) is 12.6. The number of nitrogens with zero attached hydrogens (tertiary/aromatic N) is 3. The molecule has 1 unspecified atom stereocenters. The second-order valence-corrected chi connectivity index (χ2v) is 7.29. The fraction of sp³-hybridized carbons (Fsp3) is 0.526. The molecule has 9 heteroatoms. The predicted octanol–water partition coefficient (Wildman–Crippen LogP) is 3.45. The number of halogens is 3. The first-order valence-corrected chi connectivity index (χ1v) is 9.37. The predicted molar refractivity (Wildman–Crippen MR) is 112 cm³/mol. The highest BCUT2D eigenvalue weighted by molar-refractivity contribution is 5.93. The van der Waals surface area contributed by atoms with Gasteiger partial charge in [-0.15, -0.1) is 35.0 Å². The zero-order valence-corrected chi connectivity index (χ0v) is 17.4. The maximum atomic E-state index is 14.3. The summed E-state index contributed by atoms with van der Waals surface area (Å²) < 4.78 is 16.4. The average molecular weight is 430 g/mol. The number of aromatic nitrogens is 3. The number of rotatable bonds is 4. The van der Waals surface area contributed by atoms with Crippen molar-refractivity contribution in [1.29, 1.82) is 0 Å². The van der Waals surface area contributed by atoms with Crippen molar-refractivity contribution in [3.05, 3.63) is 29.8 Å². The van der Waals surface area contributed by atoms with Gasteiger partial charge in [-0.3, -0.25) is 4.79 Å². The first-order valence-electron chi connectivity index (χ1n) is 9.37. The van der Waals surface area contributed by atoms with Crippen molar-refractivity contribution >= 4 is 36.4 Å². The van der Waals surface area contributed by atoms with Gasteiger partial charge < -0.3 is 15.2 Å². The molecule has 1 amide bonds. The SMILES string of the molecule is CC(C(=O)Nc1cc(-c2nnc3n2CCCCC3)ccc1F)C1CNC1.Cl.Cl. The van der Waals surface area contributed by atoms with E-state index in [-0.39, 0.29) is 42.3 Å². The summed E-state index contributed by atoms with van der Waals surface area (Å²) in [5, 5.41) is 14.5. The van der Waals surface area contributed by atoms with Crippen molar-refractivity contribution in [3.63, 3.8) is 0 Å². The molecule has 0 saturated carbocycles. The van der Waals surface area contributed by atoms with Gasteiger partial charge in [0.1, 0.15) is 11.6 Å². The molecule has 28 heavy (non-hydrogen) atoms. The van der Waals surface area contributed by atoms with E-state index in [1.807, 2.05) is 6.92 Å². The van der Waals surface area contributed by atoms with Crippen LogP contribution < -0.4 is 10.6 Å². The van der Waals surface area contributed by atoms with Gasteiger partial charge in [-0.1, -0.05) is 13.3 Å². The zero-order chi connectivity index (χ0) is 18.1. The number of anilines is 1. The van der Waals surface area contributed by atoms with Crippen molar-refractivity contribution in [1.82, 2.24) is 20.1 Å². The molecule has 1 fully saturated rings. The molecule has 0 aliphatic carbocycles. The van der Waals surface area contributed by atoms with Crippen LogP contribution >= 0.6 is 24.8 Å². The number of carbonyl (C=O) groups is 1. The molecule has 2 aliphatic rings. The minimum atomic E-state index is -0.434. The molecular weight excluding hydrogens is 404 g/mol. The van der Waals surface area contributed by atoms with Gasteiger partial charge in [-0.05, 0) is 50.0 Å². The summed E-state index contributed by atoms with van der Waals surface area (Å²) in [6.07, 6.45) is 4.32. The molecule has 2 aliphatic heterocycles. The lowest BCUT2D eigenvalue weighted by Crippen LogP contribution is -2.48. The Kier molecular flexibility index (Phi) is 7.80. The van der Waals surface area contributed by atoms with E-state index >= 15 is 0 Å². The van der Waals surface area contributed by atoms with Crippen LogP contribution in [0.5, 0.6) is 0 Å². The van der Waals surface area contributed by atoms with Crippen LogP contribution in [0.15, 0.2) is 18.2 Å². The normalized spacial score (nSPS) is 17.2. The molecule has 1 saturated heterocycles. The van der Waals surface area contributed by atoms with E-state index in [9.17, 15) is 9.18 Å². The third kappa shape index (κ3) is 4.47. The fourth-order valence-corrected chi connectivity index (χ4v) is 3.58. The van der Waals surface area contributed by atoms with Crippen LogP contribution in [0.1, 0.15) is 32.0 Å². The molecular formula is C19H26Cl2FN5O. The summed E-state index contributed by atoms with van der Waals surface area (Å²) >= 11 is 0. The minimum absolute atomic E-state index is 0. The molecule has 0 radical (unpaired) electrons. The van der Waals surface area contributed by atoms with Crippen LogP contribution in [-0.2, 0) is 17.8 Å². The maximum Gasteiger partial charge on any atom is 0.227 e. The summed E-state index contributed by atoms with van der Waals surface area (Å²) in [6, 6.07) is 4.76. The number of aryl methyl sites for hydroxylation is 1. The highest BCUT2D eigenvalue weighted by atomic mass is 35.5. The van der Waals surface area contributed by atoms with E-state index < -0.39 is 5.82 Å². The third-order valence-electron chi connectivity index (χ3n) is 5.53. The monoisotopic (exact) mass is 429 g/mol. The summed E-state index contributed by atoms with van der Waals surface area (Å²) in [5.41, 5.74) is 0.984. The van der Waals surface area contributed by atoms with Crippen LogP contribution in [0.3, 0.4) is 0 Å². The van der Waals surface area contributed by atoms with E-state index in [0.29, 0.717) is 5.92 Å². The number of hydrogen-bond donors (Lipinski definition) is 2. The van der Waals surface area contributed by atoms with Gasteiger partial charge in [0, 0.05) is 24.4 Å². The number of nitrogens with one attached hydrogen (secondary N) is 2. The van der Waals surface area contributed by atoms with Crippen LogP contribution in [-0.4, -0.2) is 33.8 Å². The number of benzene rings is 1. The third-order valence-corrected chi connectivity index (χ3v) is 5.53. The smallest absolute Gasteiger partial charge is 0.227 e. The summed E-state index contributed by atoms with van der Waals surface area (Å²) in [5.74, 6) is 1.31. The van der Waals surface area contributed by atoms with Gasteiger partial charge in [-0.2, -0.15) is 0 Å². The zero-order valence-electron chi connectivity index (χ0n) is 15.8. The van der Waals surface area contributed by atoms with Gasteiger partial charge in [0.15, 0.2) is 5.82 Å². The standard InChI is InChI=1S/C19H24FN5O.2ClH/c1-12(14-10-21-11-14)19(26)22-16-9-13(6-7-15(16)20)18-24-23-17-5-3-2-4-8-25(17)18;;/h6-7,9,12,14,21H,2-5,8,10-11H2,1H3,(H,22,26);2*1H. The van der Waals surface area contributed by atoms with Crippen molar-refractivity contribution in [2.45, 2.75) is 39.2 Å². The van der Waals surface area contributed by atoms with Crippen LogP contribution in [0.4, 0.5) is 10.1 Å². The van der Waals surface area contributed by atoms with Crippen molar-refractivity contribution < 1.29 is 9.18 Å². The van der Waals surface area contributed by atoms with Crippen LogP contribution in [0.2, 0.25) is 0 Å². The lowest BCUT2D eigenvalue weighted by Gasteiger charge is -2.31. The average Bonchev–Trinajstić information content (AvgIpc) is 2.83. The lowest BCUT2D eigenvalue weighted by atomic mass is 9.88. The highest BCUT2D eigenvalue weighted by Gasteiger charge is 2.29. The van der Waals surface area contributed by atoms with Crippen molar-refractivity contribution in [2.75, 3.05) is 18.4 Å². The Labute approximate surface area is 176 Å². The van der Waals surface area contributed by atoms with E-state index in [2.05, 4.69) is 25.4 Å². The van der Waals surface area contributed by atoms with Crippen molar-refractivity contribution in [3.8, 4) is 11.4 Å². The van der Waals surface area contributed by atoms with Crippen molar-refractivity contribution in [2.24, 2.45) is 11.8 Å². The topological polar surface area (TPSA) is 71.8 Å². The Hall–Kier alpha value is -1.70. The maximum absolute atomic E-state index is 14.3. The first kappa shape index (κ1) is 22.6. The summed E-state index contributed by atoms with van der Waals surface area (Å²) in [7, 11) is 0. The Balaban J connectivity index is 0.00000140. The molecule has 6 nitrogen and oxygen atoms in total. The molecule has 4 rings (SSSR count). The summed E-state index contributed by atoms with van der Waals surface area (Å²) in [6.45, 7) is 4.44. The van der Waals surface area contributed by atoms with Gasteiger partial charge >= 0.3 is 0 Å². The van der Waals surface area contributed by atoms with Gasteiger partial charge in [0.25, 0.3) is 0 Å². The Morgan fingerprint density at radius 1 is 1.25 bits per heavy atom. The van der Waals surface area contributed by atoms with E-state index in [1.54, 1.807) is 12.1 Å². The second kappa shape index (κ2) is 9.67. The Morgan fingerprint density at radius 3 is 2.75 bits per heavy atom. The quantitative estimate of drug-likeness (QED) is 0.780. The molecule has 2 N–H and O–H groups in total. The second-order valence-electron chi connectivity index (χ2n) is 7.29. The van der Waals surface area contributed by atoms with E-state index in [0.717, 1.165) is 56.1 Å². The van der Waals surface area contributed by atoms with E-state index in [4.69, 9.17) is 0 Å². The molecule has 3 heterocycles. The Morgan fingerprint density at radius 2 is 2.04 bits per heavy atom. The molecule has 2 aromatic rings. The minimum Gasteiger partial charge on any atom is -0.323 e. The Bertz CT molecular complexity index is 825. The lowest BCUT2D eigenvalue weighted by molar-refractivity contribution is -0.121. The van der Waals surface area contributed by atoms with E-state index in [1.165, 1.54) is 12.5 Å². The molecule has 0 bridgehead atoms. The van der Waals surface area contributed by atoms with Crippen LogP contribution in [0.25, 0.3) is 11.4 Å². The van der Waals surface area contributed by atoms with Gasteiger partial charge in [0.2, 0.25) is 5.91 Å². The number of hydrogen-bond acceptors (Lipinski definition) is 4. The number of carbonyl (C=O) groups excluding carboxylic acids is 1. The number of amides is 1. The number of fused-ring (bicyclic) bond motifs is 1. The van der Waals surface area contributed by atoms with Crippen LogP contribution in [0, 0.1) is 17.7 Å². The molecule has 1 atom stereocenters. The molecule has 1 aromatic carbocycles. The summed E-state index contributed by atoms with van der Waals surface area (Å²) in [4.78, 5) is 12.4. The molecule has 0 spiro atoms. The highest BCUT2D eigenvalue weighted by Crippen LogP contribution is 2.27. The fourth-order valence-electron chi connectivity index (χ4n) is 3.58. The molecule has 154 valence electrons. The molecule has 1 aromatic heterocycles. The largest absolute Gasteiger partial charge is 0.323 e. The van der Waals surface area contributed by atoms with Gasteiger partial charge in [-0.25, -0.2) is 4.39 Å². The van der Waals surface area contributed by atoms with Gasteiger partial charge in [0.05, 0.1) is 5.69 Å².